The van der Waals surface area contributed by atoms with Crippen molar-refractivity contribution in [3.05, 3.63) is 11.6 Å². The Hall–Kier alpha value is -1.89. The van der Waals surface area contributed by atoms with Crippen LogP contribution < -0.4 is 5.32 Å². The number of carbonyl (C=O) groups is 3. The number of nitrogens with zero attached hydrogens (tertiary/aromatic N) is 2. The van der Waals surface area contributed by atoms with Gasteiger partial charge in [-0.05, 0) is 51.6 Å². The number of piperidine rings is 1. The first kappa shape index (κ1) is 27.1. The molecule has 1 aliphatic rings. The van der Waals surface area contributed by atoms with Crippen molar-refractivity contribution in [2.75, 3.05) is 27.2 Å². The molecule has 0 aliphatic carbocycles. The number of hydrogen-bond acceptors (Lipinski definition) is 5. The van der Waals surface area contributed by atoms with Gasteiger partial charge in [0.05, 0.1) is 18.7 Å². The molecule has 2 amide bonds. The molecule has 1 rings (SSSR count). The van der Waals surface area contributed by atoms with E-state index in [4.69, 9.17) is 4.74 Å². The molecule has 1 fully saturated rings. The number of carbonyl (C=O) groups excluding carboxylic acids is 3. The molecule has 0 saturated carbocycles. The van der Waals surface area contributed by atoms with E-state index in [-0.39, 0.29) is 35.8 Å². The van der Waals surface area contributed by atoms with Crippen molar-refractivity contribution in [2.45, 2.75) is 85.9 Å². The quantitative estimate of drug-likeness (QED) is 0.466. The number of hydrogen-bond donors (Lipinski definition) is 1. The Morgan fingerprint density at radius 3 is 2.32 bits per heavy atom. The number of amides is 2. The van der Waals surface area contributed by atoms with Crippen molar-refractivity contribution in [3.63, 3.8) is 0 Å². The van der Waals surface area contributed by atoms with Crippen LogP contribution in [-0.2, 0) is 19.1 Å². The van der Waals surface area contributed by atoms with Crippen molar-refractivity contribution in [2.24, 2.45) is 11.3 Å². The van der Waals surface area contributed by atoms with Gasteiger partial charge in [-0.25, -0.2) is 4.79 Å². The van der Waals surface area contributed by atoms with Crippen molar-refractivity contribution >= 4 is 17.8 Å². The molecular weight excluding hydrogens is 394 g/mol. The fourth-order valence-electron chi connectivity index (χ4n) is 3.96. The Kier molecular flexibility index (Phi) is 10.2. The van der Waals surface area contributed by atoms with Crippen LogP contribution in [0.4, 0.5) is 0 Å². The zero-order chi connectivity index (χ0) is 23.9. The van der Waals surface area contributed by atoms with Gasteiger partial charge in [-0.3, -0.25) is 14.5 Å². The maximum atomic E-state index is 13.6. The van der Waals surface area contributed by atoms with Gasteiger partial charge in [-0.1, -0.05) is 47.1 Å². The maximum Gasteiger partial charge on any atom is 0.333 e. The number of nitrogens with one attached hydrogen (secondary N) is 1. The molecular formula is C24H43N3O4. The zero-order valence-corrected chi connectivity index (χ0v) is 20.9. The predicted molar refractivity (Wildman–Crippen MR) is 123 cm³/mol. The fraction of sp³-hybridized carbons (Fsp3) is 0.792. The lowest BCUT2D eigenvalue weighted by Crippen LogP contribution is -2.59. The predicted octanol–water partition coefficient (Wildman–Crippen LogP) is 2.99. The summed E-state index contributed by atoms with van der Waals surface area (Å²) in [6.07, 6.45) is 4.70. The summed E-state index contributed by atoms with van der Waals surface area (Å²) >= 11 is 0. The smallest absolute Gasteiger partial charge is 0.333 e. The molecule has 0 unspecified atom stereocenters. The highest BCUT2D eigenvalue weighted by Gasteiger charge is 2.39. The number of ether oxygens (including phenoxy) is 1. The second kappa shape index (κ2) is 11.7. The second-order valence-electron chi connectivity index (χ2n) is 10.1. The molecule has 1 aliphatic heterocycles. The van der Waals surface area contributed by atoms with Crippen LogP contribution in [0.2, 0.25) is 0 Å². The largest absolute Gasteiger partial charge is 0.463 e. The van der Waals surface area contributed by atoms with E-state index >= 15 is 0 Å². The fourth-order valence-corrected chi connectivity index (χ4v) is 3.96. The zero-order valence-electron chi connectivity index (χ0n) is 20.9. The third kappa shape index (κ3) is 7.63. The highest BCUT2D eigenvalue weighted by molar-refractivity contribution is 5.91. The summed E-state index contributed by atoms with van der Waals surface area (Å²) in [6, 6.07) is -1.17. The van der Waals surface area contributed by atoms with Crippen LogP contribution in [0.25, 0.3) is 0 Å². The van der Waals surface area contributed by atoms with Crippen LogP contribution in [0, 0.1) is 11.3 Å². The number of likely N-dealkylation sites (tertiary alicyclic amines) is 1. The topological polar surface area (TPSA) is 79.0 Å². The Balaban J connectivity index is 3.10. The normalized spacial score (nSPS) is 20.2. The summed E-state index contributed by atoms with van der Waals surface area (Å²) in [5.74, 6) is -0.553. The van der Waals surface area contributed by atoms with Crippen molar-refractivity contribution in [3.8, 4) is 0 Å². The van der Waals surface area contributed by atoms with Crippen LogP contribution in [0.1, 0.15) is 67.7 Å². The second-order valence-corrected chi connectivity index (χ2v) is 10.1. The molecule has 1 N–H and O–H groups in total. The molecule has 31 heavy (non-hydrogen) atoms. The first-order valence-corrected chi connectivity index (χ1v) is 11.4. The highest BCUT2D eigenvalue weighted by Crippen LogP contribution is 2.25. The minimum atomic E-state index is -0.669. The number of likely N-dealkylation sites (N-methyl/N-ethyl adjacent to an activating group) is 2. The van der Waals surface area contributed by atoms with Gasteiger partial charge in [-0.2, -0.15) is 0 Å². The molecule has 0 radical (unpaired) electrons. The molecule has 0 bridgehead atoms. The van der Waals surface area contributed by atoms with Gasteiger partial charge in [0.25, 0.3) is 0 Å². The molecule has 1 saturated heterocycles. The Bertz CT molecular complexity index is 666. The van der Waals surface area contributed by atoms with Gasteiger partial charge in [0, 0.05) is 12.6 Å². The van der Waals surface area contributed by atoms with Crippen LogP contribution in [0.15, 0.2) is 11.6 Å². The van der Waals surface area contributed by atoms with E-state index in [2.05, 4.69) is 10.2 Å². The average molecular weight is 438 g/mol. The minimum absolute atomic E-state index is 0.0825. The maximum absolute atomic E-state index is 13.6. The first-order chi connectivity index (χ1) is 14.3. The molecule has 7 nitrogen and oxygen atoms in total. The van der Waals surface area contributed by atoms with E-state index in [1.54, 1.807) is 31.9 Å². The van der Waals surface area contributed by atoms with Crippen LogP contribution in [0.3, 0.4) is 0 Å². The van der Waals surface area contributed by atoms with E-state index in [1.165, 1.54) is 0 Å². The monoisotopic (exact) mass is 437 g/mol. The summed E-state index contributed by atoms with van der Waals surface area (Å²) in [5, 5.41) is 3.04. The lowest BCUT2D eigenvalue weighted by atomic mass is 9.84. The van der Waals surface area contributed by atoms with E-state index in [1.807, 2.05) is 41.7 Å². The van der Waals surface area contributed by atoms with E-state index in [0.29, 0.717) is 12.2 Å². The number of rotatable bonds is 8. The third-order valence-electron chi connectivity index (χ3n) is 5.97. The molecule has 0 aromatic carbocycles. The molecule has 3 atom stereocenters. The molecule has 0 spiro atoms. The summed E-state index contributed by atoms with van der Waals surface area (Å²) < 4.78 is 5.08. The van der Waals surface area contributed by atoms with E-state index in [0.717, 1.165) is 25.8 Å². The molecule has 0 aromatic rings. The van der Waals surface area contributed by atoms with Crippen LogP contribution >= 0.6 is 0 Å². The Labute approximate surface area is 188 Å². The van der Waals surface area contributed by atoms with Gasteiger partial charge < -0.3 is 15.0 Å². The lowest BCUT2D eigenvalue weighted by molar-refractivity contribution is -0.141. The number of esters is 1. The van der Waals surface area contributed by atoms with Gasteiger partial charge in [-0.15, -0.1) is 0 Å². The third-order valence-corrected chi connectivity index (χ3v) is 5.97. The minimum Gasteiger partial charge on any atom is -0.463 e. The lowest BCUT2D eigenvalue weighted by Gasteiger charge is -2.39. The molecule has 1 heterocycles. The summed E-state index contributed by atoms with van der Waals surface area (Å²) in [7, 11) is 3.70. The summed E-state index contributed by atoms with van der Waals surface area (Å²) in [4.78, 5) is 42.4. The Morgan fingerprint density at radius 1 is 1.23 bits per heavy atom. The van der Waals surface area contributed by atoms with Gasteiger partial charge in [0.15, 0.2) is 0 Å². The van der Waals surface area contributed by atoms with Gasteiger partial charge >= 0.3 is 5.97 Å². The van der Waals surface area contributed by atoms with Gasteiger partial charge in [0.2, 0.25) is 11.8 Å². The molecule has 0 aromatic heterocycles. The Morgan fingerprint density at radius 2 is 1.84 bits per heavy atom. The first-order valence-electron chi connectivity index (χ1n) is 11.4. The summed E-state index contributed by atoms with van der Waals surface area (Å²) in [5.41, 5.74) is 0.00994. The van der Waals surface area contributed by atoms with Crippen LogP contribution in [-0.4, -0.2) is 73.0 Å². The summed E-state index contributed by atoms with van der Waals surface area (Å²) in [6.45, 7) is 14.5. The molecule has 178 valence electrons. The van der Waals surface area contributed by atoms with E-state index in [9.17, 15) is 14.4 Å². The van der Waals surface area contributed by atoms with Crippen molar-refractivity contribution in [1.82, 2.24) is 15.1 Å². The van der Waals surface area contributed by atoms with E-state index < -0.39 is 11.5 Å². The van der Waals surface area contributed by atoms with Crippen molar-refractivity contribution < 1.29 is 19.1 Å². The van der Waals surface area contributed by atoms with Crippen molar-refractivity contribution in [1.29, 1.82) is 0 Å². The SMILES string of the molecule is CCOC(=O)C(C)=C[C@H](C(C)C)N(C)C(=O)[C@H](NC(=O)[C@H]1CCCCN1C)C(C)(C)C. The average Bonchev–Trinajstić information content (AvgIpc) is 2.68. The standard InChI is InChI=1S/C24H43N3O4/c1-10-31-23(30)17(4)15-19(16(2)3)27(9)22(29)20(24(5,6)7)25-21(28)18-13-11-12-14-26(18)8/h15-16,18-20H,10-14H2,1-9H3,(H,25,28)/t18-,19-,20+/m1/s1. The van der Waals surface area contributed by atoms with Gasteiger partial charge in [0.1, 0.15) is 6.04 Å². The highest BCUT2D eigenvalue weighted by atomic mass is 16.5. The molecule has 7 heteroatoms. The van der Waals surface area contributed by atoms with Crippen LogP contribution in [0.5, 0.6) is 0 Å².